The van der Waals surface area contributed by atoms with Gasteiger partial charge in [0.15, 0.2) is 0 Å². The highest BCUT2D eigenvalue weighted by atomic mass is 15.1. The molecule has 0 aliphatic rings. The van der Waals surface area contributed by atoms with Crippen LogP contribution in [0.4, 0.5) is 0 Å². The normalized spacial score (nSPS) is 11.1. The van der Waals surface area contributed by atoms with Crippen LogP contribution in [0.3, 0.4) is 0 Å². The van der Waals surface area contributed by atoms with Crippen molar-refractivity contribution in [2.45, 2.75) is 32.9 Å². The average Bonchev–Trinajstić information content (AvgIpc) is 2.84. The van der Waals surface area contributed by atoms with Gasteiger partial charge in [-0.25, -0.2) is 4.98 Å². The Morgan fingerprint density at radius 3 is 2.72 bits per heavy atom. The van der Waals surface area contributed by atoms with Crippen LogP contribution in [-0.2, 0) is 6.54 Å². The number of rotatable bonds is 6. The highest BCUT2D eigenvalue weighted by Crippen LogP contribution is 2.16. The number of nitrogens with zero attached hydrogens (tertiary/aromatic N) is 2. The maximum absolute atomic E-state index is 4.44. The molecule has 3 heteroatoms. The van der Waals surface area contributed by atoms with Gasteiger partial charge in [0.1, 0.15) is 5.82 Å². The van der Waals surface area contributed by atoms with E-state index in [1.54, 1.807) is 0 Å². The van der Waals surface area contributed by atoms with E-state index in [-0.39, 0.29) is 0 Å². The SMILES string of the molecule is CC(C)NCCCn1ccnc1-c1ccccc1. The first-order valence-corrected chi connectivity index (χ1v) is 6.57. The van der Waals surface area contributed by atoms with E-state index < -0.39 is 0 Å². The number of benzene rings is 1. The first kappa shape index (κ1) is 12.8. The van der Waals surface area contributed by atoms with Gasteiger partial charge in [-0.3, -0.25) is 0 Å². The number of aromatic nitrogens is 2. The van der Waals surface area contributed by atoms with E-state index in [0.29, 0.717) is 6.04 Å². The van der Waals surface area contributed by atoms with Crippen LogP contribution in [0.15, 0.2) is 42.7 Å². The molecule has 0 saturated carbocycles. The van der Waals surface area contributed by atoms with Crippen molar-refractivity contribution in [2.24, 2.45) is 0 Å². The molecule has 0 atom stereocenters. The van der Waals surface area contributed by atoms with E-state index in [2.05, 4.69) is 59.2 Å². The summed E-state index contributed by atoms with van der Waals surface area (Å²) in [5, 5.41) is 3.43. The highest BCUT2D eigenvalue weighted by molar-refractivity contribution is 5.54. The molecule has 2 aromatic rings. The van der Waals surface area contributed by atoms with Crippen molar-refractivity contribution in [3.05, 3.63) is 42.7 Å². The molecule has 0 spiro atoms. The Labute approximate surface area is 109 Å². The molecule has 1 heterocycles. The Hall–Kier alpha value is -1.61. The minimum atomic E-state index is 0.557. The fourth-order valence-electron chi connectivity index (χ4n) is 1.98. The summed E-state index contributed by atoms with van der Waals surface area (Å²) in [5.41, 5.74) is 1.18. The van der Waals surface area contributed by atoms with Crippen molar-refractivity contribution in [1.82, 2.24) is 14.9 Å². The number of imidazole rings is 1. The zero-order valence-corrected chi connectivity index (χ0v) is 11.1. The maximum Gasteiger partial charge on any atom is 0.139 e. The van der Waals surface area contributed by atoms with E-state index in [4.69, 9.17) is 0 Å². The van der Waals surface area contributed by atoms with Crippen molar-refractivity contribution >= 4 is 0 Å². The summed E-state index contributed by atoms with van der Waals surface area (Å²) < 4.78 is 2.22. The smallest absolute Gasteiger partial charge is 0.139 e. The predicted octanol–water partition coefficient (Wildman–Crippen LogP) is 2.94. The summed E-state index contributed by atoms with van der Waals surface area (Å²) >= 11 is 0. The minimum absolute atomic E-state index is 0.557. The van der Waals surface area contributed by atoms with Gasteiger partial charge < -0.3 is 9.88 Å². The van der Waals surface area contributed by atoms with Crippen molar-refractivity contribution in [2.75, 3.05) is 6.54 Å². The molecule has 0 radical (unpaired) electrons. The van der Waals surface area contributed by atoms with E-state index in [1.165, 1.54) is 5.56 Å². The van der Waals surface area contributed by atoms with Crippen LogP contribution >= 0.6 is 0 Å². The molecule has 0 amide bonds. The topological polar surface area (TPSA) is 29.9 Å². The number of hydrogen-bond donors (Lipinski definition) is 1. The predicted molar refractivity (Wildman–Crippen MR) is 75.4 cm³/mol. The molecule has 1 aromatic heterocycles. The Morgan fingerprint density at radius 1 is 1.22 bits per heavy atom. The van der Waals surface area contributed by atoms with Gasteiger partial charge in [-0.05, 0) is 13.0 Å². The summed E-state index contributed by atoms with van der Waals surface area (Å²) in [4.78, 5) is 4.44. The lowest BCUT2D eigenvalue weighted by atomic mass is 10.2. The van der Waals surface area contributed by atoms with E-state index in [0.717, 1.165) is 25.3 Å². The summed E-state index contributed by atoms with van der Waals surface area (Å²) in [7, 11) is 0. The average molecular weight is 243 g/mol. The minimum Gasteiger partial charge on any atom is -0.331 e. The number of hydrogen-bond acceptors (Lipinski definition) is 2. The Morgan fingerprint density at radius 2 is 2.00 bits per heavy atom. The van der Waals surface area contributed by atoms with Crippen molar-refractivity contribution in [3.8, 4) is 11.4 Å². The van der Waals surface area contributed by atoms with Gasteiger partial charge in [0.05, 0.1) is 0 Å². The molecule has 0 bridgehead atoms. The molecule has 2 rings (SSSR count). The monoisotopic (exact) mass is 243 g/mol. The van der Waals surface area contributed by atoms with Gasteiger partial charge in [0.2, 0.25) is 0 Å². The van der Waals surface area contributed by atoms with E-state index >= 15 is 0 Å². The van der Waals surface area contributed by atoms with Crippen LogP contribution in [-0.4, -0.2) is 22.1 Å². The molecular weight excluding hydrogens is 222 g/mol. The molecule has 1 aromatic carbocycles. The largest absolute Gasteiger partial charge is 0.331 e. The van der Waals surface area contributed by atoms with Crippen LogP contribution in [0, 0.1) is 0 Å². The van der Waals surface area contributed by atoms with Crippen LogP contribution in [0.25, 0.3) is 11.4 Å². The van der Waals surface area contributed by atoms with Gasteiger partial charge in [0.25, 0.3) is 0 Å². The third kappa shape index (κ3) is 3.44. The zero-order valence-electron chi connectivity index (χ0n) is 11.1. The molecule has 0 fully saturated rings. The zero-order chi connectivity index (χ0) is 12.8. The standard InChI is InChI=1S/C15H21N3/c1-13(2)16-9-6-11-18-12-10-17-15(18)14-7-4-3-5-8-14/h3-5,7-8,10,12-13,16H,6,9,11H2,1-2H3. The van der Waals surface area contributed by atoms with Gasteiger partial charge >= 0.3 is 0 Å². The van der Waals surface area contributed by atoms with Crippen LogP contribution in [0.1, 0.15) is 20.3 Å². The second-order valence-electron chi connectivity index (χ2n) is 4.77. The molecule has 0 aliphatic heterocycles. The van der Waals surface area contributed by atoms with Crippen LogP contribution in [0.5, 0.6) is 0 Å². The molecule has 1 N–H and O–H groups in total. The van der Waals surface area contributed by atoms with Gasteiger partial charge in [-0.1, -0.05) is 44.2 Å². The number of aryl methyl sites for hydroxylation is 1. The third-order valence-corrected chi connectivity index (χ3v) is 2.88. The lowest BCUT2D eigenvalue weighted by Gasteiger charge is -2.10. The van der Waals surface area contributed by atoms with Crippen molar-refractivity contribution < 1.29 is 0 Å². The Kier molecular flexibility index (Phi) is 4.53. The van der Waals surface area contributed by atoms with Crippen molar-refractivity contribution in [1.29, 1.82) is 0 Å². The van der Waals surface area contributed by atoms with Gasteiger partial charge in [0, 0.05) is 30.5 Å². The summed E-state index contributed by atoms with van der Waals surface area (Å²) in [6.45, 7) is 6.40. The number of nitrogens with one attached hydrogen (secondary N) is 1. The second kappa shape index (κ2) is 6.36. The molecule has 0 aliphatic carbocycles. The summed E-state index contributed by atoms with van der Waals surface area (Å²) in [6.07, 6.45) is 5.05. The fourth-order valence-corrected chi connectivity index (χ4v) is 1.98. The lowest BCUT2D eigenvalue weighted by molar-refractivity contribution is 0.537. The third-order valence-electron chi connectivity index (χ3n) is 2.88. The molecule has 0 unspecified atom stereocenters. The first-order chi connectivity index (χ1) is 8.77. The molecular formula is C15H21N3. The first-order valence-electron chi connectivity index (χ1n) is 6.57. The van der Waals surface area contributed by atoms with E-state index in [9.17, 15) is 0 Å². The Bertz CT molecular complexity index is 460. The van der Waals surface area contributed by atoms with Gasteiger partial charge in [-0.15, -0.1) is 0 Å². The molecule has 3 nitrogen and oxygen atoms in total. The fraction of sp³-hybridized carbons (Fsp3) is 0.400. The second-order valence-corrected chi connectivity index (χ2v) is 4.77. The van der Waals surface area contributed by atoms with E-state index in [1.807, 2.05) is 12.3 Å². The summed E-state index contributed by atoms with van der Waals surface area (Å²) in [5.74, 6) is 1.06. The van der Waals surface area contributed by atoms with Crippen LogP contribution in [0.2, 0.25) is 0 Å². The molecule has 0 saturated heterocycles. The highest BCUT2D eigenvalue weighted by Gasteiger charge is 2.04. The van der Waals surface area contributed by atoms with Crippen molar-refractivity contribution in [3.63, 3.8) is 0 Å². The van der Waals surface area contributed by atoms with Gasteiger partial charge in [-0.2, -0.15) is 0 Å². The quantitative estimate of drug-likeness (QED) is 0.791. The maximum atomic E-state index is 4.44. The molecule has 18 heavy (non-hydrogen) atoms. The Balaban J connectivity index is 1.96. The lowest BCUT2D eigenvalue weighted by Crippen LogP contribution is -2.24. The summed E-state index contributed by atoms with van der Waals surface area (Å²) in [6, 6.07) is 10.9. The molecule has 96 valence electrons. The van der Waals surface area contributed by atoms with Crippen LogP contribution < -0.4 is 5.32 Å².